The van der Waals surface area contributed by atoms with Gasteiger partial charge in [0, 0.05) is 22.6 Å². The molecule has 3 heteroatoms. The van der Waals surface area contributed by atoms with E-state index >= 15 is 0 Å². The Morgan fingerprint density at radius 2 is 1.62 bits per heavy atom. The van der Waals surface area contributed by atoms with Gasteiger partial charge in [0.15, 0.2) is 0 Å². The predicted octanol–water partition coefficient (Wildman–Crippen LogP) is 10.2. The molecule has 0 aliphatic heterocycles. The second kappa shape index (κ2) is 10.5. The van der Waals surface area contributed by atoms with E-state index in [0.29, 0.717) is 11.0 Å². The molecule has 0 saturated heterocycles. The molecule has 0 amide bonds. The Morgan fingerprint density at radius 3 is 2.08 bits per heavy atom. The van der Waals surface area contributed by atoms with Crippen molar-refractivity contribution in [2.75, 3.05) is 17.7 Å². The molecule has 1 unspecified atom stereocenters. The van der Waals surface area contributed by atoms with Crippen LogP contribution < -0.4 is 4.90 Å². The minimum atomic E-state index is 0.107. The van der Waals surface area contributed by atoms with Gasteiger partial charge in [0.1, 0.15) is 0 Å². The third-order valence-corrected chi connectivity index (χ3v) is 10.4. The van der Waals surface area contributed by atoms with E-state index in [4.69, 9.17) is 0 Å². The third kappa shape index (κ3) is 4.93. The highest BCUT2D eigenvalue weighted by Crippen LogP contribution is 2.65. The summed E-state index contributed by atoms with van der Waals surface area (Å²) in [6.07, 6.45) is 4.77. The van der Waals surface area contributed by atoms with E-state index in [1.54, 1.807) is 11.8 Å². The minimum absolute atomic E-state index is 0.107. The Bertz CT molecular complexity index is 1400. The maximum atomic E-state index is 9.21. The molecule has 204 valence electrons. The Balaban J connectivity index is 1.82. The Labute approximate surface area is 241 Å². The molecular formula is C36H44N2S. The van der Waals surface area contributed by atoms with Crippen molar-refractivity contribution >= 4 is 23.1 Å². The topological polar surface area (TPSA) is 27.0 Å². The second-order valence-electron chi connectivity index (χ2n) is 12.7. The molecule has 0 heterocycles. The van der Waals surface area contributed by atoms with Crippen LogP contribution in [-0.4, -0.2) is 12.8 Å². The number of hydrogen-bond donors (Lipinski definition) is 0. The molecule has 39 heavy (non-hydrogen) atoms. The highest BCUT2D eigenvalue weighted by atomic mass is 32.2. The average Bonchev–Trinajstić information content (AvgIpc) is 3.66. The van der Waals surface area contributed by atoms with E-state index in [9.17, 15) is 5.26 Å². The number of anilines is 1. The van der Waals surface area contributed by atoms with Gasteiger partial charge in [-0.05, 0) is 102 Å². The zero-order chi connectivity index (χ0) is 28.8. The first-order chi connectivity index (χ1) is 18.3. The molecule has 1 aliphatic carbocycles. The van der Waals surface area contributed by atoms with Crippen LogP contribution in [0.1, 0.15) is 82.2 Å². The Morgan fingerprint density at radius 1 is 1.03 bits per heavy atom. The van der Waals surface area contributed by atoms with Crippen LogP contribution in [-0.2, 0) is 5.41 Å². The predicted molar refractivity (Wildman–Crippen MR) is 170 cm³/mol. The molecule has 3 aromatic carbocycles. The summed E-state index contributed by atoms with van der Waals surface area (Å²) < 4.78 is 0. The van der Waals surface area contributed by atoms with Gasteiger partial charge in [-0.2, -0.15) is 5.26 Å². The molecule has 0 bridgehead atoms. The summed E-state index contributed by atoms with van der Waals surface area (Å²) in [4.78, 5) is 3.56. The number of nitrogens with zero attached hydrogens (tertiary/aromatic N) is 2. The molecule has 2 nitrogen and oxygen atoms in total. The van der Waals surface area contributed by atoms with Crippen molar-refractivity contribution in [3.05, 3.63) is 89.0 Å². The van der Waals surface area contributed by atoms with Crippen molar-refractivity contribution in [2.24, 2.45) is 10.8 Å². The van der Waals surface area contributed by atoms with E-state index in [1.807, 2.05) is 24.3 Å². The summed E-state index contributed by atoms with van der Waals surface area (Å²) in [6.45, 7) is 24.2. The van der Waals surface area contributed by atoms with Gasteiger partial charge >= 0.3 is 0 Å². The molecule has 1 saturated carbocycles. The first-order valence-electron chi connectivity index (χ1n) is 14.1. The molecule has 0 aromatic heterocycles. The van der Waals surface area contributed by atoms with Gasteiger partial charge < -0.3 is 4.90 Å². The van der Waals surface area contributed by atoms with Gasteiger partial charge in [-0.15, -0.1) is 11.8 Å². The summed E-state index contributed by atoms with van der Waals surface area (Å²) in [6, 6.07) is 21.5. The van der Waals surface area contributed by atoms with Crippen LogP contribution >= 0.6 is 11.8 Å². The van der Waals surface area contributed by atoms with Gasteiger partial charge in [-0.3, -0.25) is 0 Å². The van der Waals surface area contributed by atoms with Crippen LogP contribution in [0, 0.1) is 36.0 Å². The molecule has 0 spiro atoms. The van der Waals surface area contributed by atoms with Crippen LogP contribution in [0.2, 0.25) is 0 Å². The maximum absolute atomic E-state index is 9.21. The highest BCUT2D eigenvalue weighted by molar-refractivity contribution is 7.98. The van der Waals surface area contributed by atoms with Gasteiger partial charge in [-0.25, -0.2) is 0 Å². The minimum Gasteiger partial charge on any atom is -0.341 e. The molecule has 0 radical (unpaired) electrons. The average molecular weight is 537 g/mol. The summed E-state index contributed by atoms with van der Waals surface area (Å²) in [5, 5.41) is 9.21. The van der Waals surface area contributed by atoms with Gasteiger partial charge in [0.2, 0.25) is 0 Å². The lowest BCUT2D eigenvalue weighted by Crippen LogP contribution is -2.44. The third-order valence-electron chi connectivity index (χ3n) is 9.56. The second-order valence-corrected chi connectivity index (χ2v) is 13.5. The summed E-state index contributed by atoms with van der Waals surface area (Å²) >= 11 is 1.80. The number of thioether (sulfide) groups is 1. The fraction of sp³-hybridized carbons (Fsp3) is 0.417. The molecule has 1 fully saturated rings. The molecule has 1 atom stereocenters. The van der Waals surface area contributed by atoms with Crippen LogP contribution in [0.3, 0.4) is 0 Å². The zero-order valence-electron chi connectivity index (χ0n) is 25.3. The van der Waals surface area contributed by atoms with Gasteiger partial charge in [-0.1, -0.05) is 77.6 Å². The van der Waals surface area contributed by atoms with Crippen molar-refractivity contribution in [3.8, 4) is 17.2 Å². The monoisotopic (exact) mass is 536 g/mol. The standard InChI is InChI=1S/C36H44N2S/c1-11-38(26(4)28-17-15-27(23-37)16-18-28)31-14-12-13-30(33(31)39-10)32-24(2)21-29(22-25(32)3)36(9,34(5,6)7)35(8)19-20-35/h12-18,21-22H,4,11,19-20H2,1-3,5-10H3. The highest BCUT2D eigenvalue weighted by Gasteiger charge is 2.58. The molecule has 0 N–H and O–H groups in total. The number of rotatable bonds is 8. The van der Waals surface area contributed by atoms with Gasteiger partial charge in [0.05, 0.1) is 17.3 Å². The van der Waals surface area contributed by atoms with Crippen LogP contribution in [0.5, 0.6) is 0 Å². The number of hydrogen-bond acceptors (Lipinski definition) is 3. The summed E-state index contributed by atoms with van der Waals surface area (Å²) in [7, 11) is 0. The smallest absolute Gasteiger partial charge is 0.0991 e. The Hall–Kier alpha value is -2.96. The fourth-order valence-corrected chi connectivity index (χ4v) is 7.38. The summed E-state index contributed by atoms with van der Waals surface area (Å²) in [5.41, 5.74) is 11.2. The lowest BCUT2D eigenvalue weighted by atomic mass is 9.56. The van der Waals surface area contributed by atoms with Crippen molar-refractivity contribution in [2.45, 2.75) is 78.5 Å². The first-order valence-corrected chi connectivity index (χ1v) is 15.3. The van der Waals surface area contributed by atoms with E-state index in [1.165, 1.54) is 51.2 Å². The van der Waals surface area contributed by atoms with Crippen LogP contribution in [0.4, 0.5) is 5.69 Å². The number of nitriles is 1. The van der Waals surface area contributed by atoms with E-state index in [0.717, 1.165) is 17.8 Å². The van der Waals surface area contributed by atoms with Crippen molar-refractivity contribution in [1.82, 2.24) is 0 Å². The fourth-order valence-electron chi connectivity index (χ4n) is 6.60. The van der Waals surface area contributed by atoms with E-state index in [2.05, 4.69) is 110 Å². The van der Waals surface area contributed by atoms with E-state index in [-0.39, 0.29) is 10.8 Å². The SMILES string of the molecule is C=C(c1ccc(C#N)cc1)N(CC)c1cccc(-c2c(C)cc(C(C)(C(C)(C)C)C3(C)CC3)cc2C)c1SC. The van der Waals surface area contributed by atoms with Crippen LogP contribution in [0.15, 0.2) is 66.1 Å². The van der Waals surface area contributed by atoms with E-state index < -0.39 is 0 Å². The summed E-state index contributed by atoms with van der Waals surface area (Å²) in [5.74, 6) is 0. The van der Waals surface area contributed by atoms with Gasteiger partial charge in [0.25, 0.3) is 0 Å². The number of benzene rings is 3. The largest absolute Gasteiger partial charge is 0.341 e. The van der Waals surface area contributed by atoms with Crippen molar-refractivity contribution in [1.29, 1.82) is 5.26 Å². The maximum Gasteiger partial charge on any atom is 0.0991 e. The lowest BCUT2D eigenvalue weighted by molar-refractivity contribution is 0.116. The molecular weight excluding hydrogens is 492 g/mol. The lowest BCUT2D eigenvalue weighted by Gasteiger charge is -2.48. The molecule has 1 aliphatic rings. The van der Waals surface area contributed by atoms with Crippen LogP contribution in [0.25, 0.3) is 16.8 Å². The first kappa shape index (κ1) is 29.0. The normalized spacial score (nSPS) is 15.8. The quantitative estimate of drug-likeness (QED) is 0.268. The number of aryl methyl sites for hydroxylation is 2. The molecule has 3 aromatic rings. The zero-order valence-corrected chi connectivity index (χ0v) is 26.1. The molecule has 4 rings (SSSR count). The van der Waals surface area contributed by atoms with Crippen molar-refractivity contribution < 1.29 is 0 Å². The van der Waals surface area contributed by atoms with Crippen molar-refractivity contribution in [3.63, 3.8) is 0 Å². The Kier molecular flexibility index (Phi) is 7.85.